The lowest BCUT2D eigenvalue weighted by atomic mass is 10.1. The number of carbonyl (C=O) groups excluding carboxylic acids is 1. The zero-order valence-electron chi connectivity index (χ0n) is 14.1. The minimum atomic E-state index is -0.296. The second-order valence-corrected chi connectivity index (χ2v) is 6.46. The molecule has 3 N–H and O–H groups in total. The van der Waals surface area contributed by atoms with E-state index in [0.29, 0.717) is 28.8 Å². The number of amides is 1. The van der Waals surface area contributed by atoms with Crippen molar-refractivity contribution >= 4 is 40.6 Å². The third-order valence-corrected chi connectivity index (χ3v) is 4.41. The summed E-state index contributed by atoms with van der Waals surface area (Å²) in [5.74, 6) is 0.419. The highest BCUT2D eigenvalue weighted by Crippen LogP contribution is 2.28. The molecule has 0 atom stereocenters. The summed E-state index contributed by atoms with van der Waals surface area (Å²) in [6.07, 6.45) is 1.82. The summed E-state index contributed by atoms with van der Waals surface area (Å²) in [5.41, 5.74) is 3.00. The number of benzene rings is 2. The van der Waals surface area contributed by atoms with Crippen LogP contribution in [-0.2, 0) is 17.8 Å². The Morgan fingerprint density at radius 1 is 1.22 bits per heavy atom. The van der Waals surface area contributed by atoms with Gasteiger partial charge in [-0.1, -0.05) is 29.8 Å². The van der Waals surface area contributed by atoms with E-state index in [1.807, 2.05) is 18.2 Å². The Balaban J connectivity index is 1.50. The van der Waals surface area contributed by atoms with E-state index >= 15 is 0 Å². The van der Waals surface area contributed by atoms with E-state index in [-0.39, 0.29) is 18.3 Å². The smallest absolute Gasteiger partial charge is 0.229 e. The van der Waals surface area contributed by atoms with Crippen LogP contribution < -0.4 is 16.0 Å². The maximum atomic E-state index is 13.7. The van der Waals surface area contributed by atoms with E-state index in [4.69, 9.17) is 11.6 Å². The number of carbonyl (C=O) groups is 1. The number of aromatic nitrogens is 2. The molecule has 0 saturated carbocycles. The molecule has 0 saturated heterocycles. The van der Waals surface area contributed by atoms with E-state index in [2.05, 4.69) is 25.9 Å². The first-order valence-electron chi connectivity index (χ1n) is 8.28. The van der Waals surface area contributed by atoms with Gasteiger partial charge in [-0.05, 0) is 29.8 Å². The SMILES string of the molecule is O=C1Cc2cc(Nc3ncc(Cl)c(NCc4ccccc4F)n3)ccc2N1. The summed E-state index contributed by atoms with van der Waals surface area (Å²) in [5, 5.41) is 9.24. The van der Waals surface area contributed by atoms with Gasteiger partial charge >= 0.3 is 0 Å². The summed E-state index contributed by atoms with van der Waals surface area (Å²) in [7, 11) is 0. The molecule has 0 spiro atoms. The van der Waals surface area contributed by atoms with Gasteiger partial charge in [0.05, 0.1) is 12.6 Å². The molecule has 136 valence electrons. The van der Waals surface area contributed by atoms with Crippen molar-refractivity contribution < 1.29 is 9.18 Å². The molecular weight excluding hydrogens is 369 g/mol. The Morgan fingerprint density at radius 2 is 2.07 bits per heavy atom. The average Bonchev–Trinajstić information content (AvgIpc) is 3.02. The van der Waals surface area contributed by atoms with Crippen LogP contribution in [0.5, 0.6) is 0 Å². The monoisotopic (exact) mass is 383 g/mol. The van der Waals surface area contributed by atoms with E-state index in [1.54, 1.807) is 18.2 Å². The van der Waals surface area contributed by atoms with Gasteiger partial charge in [-0.2, -0.15) is 4.98 Å². The van der Waals surface area contributed by atoms with Gasteiger partial charge in [-0.25, -0.2) is 9.37 Å². The molecule has 0 radical (unpaired) electrons. The van der Waals surface area contributed by atoms with Crippen LogP contribution in [-0.4, -0.2) is 15.9 Å². The summed E-state index contributed by atoms with van der Waals surface area (Å²) in [4.78, 5) is 20.0. The third-order valence-electron chi connectivity index (χ3n) is 4.13. The van der Waals surface area contributed by atoms with Gasteiger partial charge in [-0.15, -0.1) is 0 Å². The van der Waals surface area contributed by atoms with Crippen LogP contribution in [0, 0.1) is 5.82 Å². The maximum absolute atomic E-state index is 13.7. The second-order valence-electron chi connectivity index (χ2n) is 6.06. The number of nitrogens with one attached hydrogen (secondary N) is 3. The summed E-state index contributed by atoms with van der Waals surface area (Å²) < 4.78 is 13.7. The number of halogens is 2. The molecule has 8 heteroatoms. The summed E-state index contributed by atoms with van der Waals surface area (Å²) in [6, 6.07) is 12.0. The van der Waals surface area contributed by atoms with E-state index in [0.717, 1.165) is 16.9 Å². The number of nitrogens with zero attached hydrogens (tertiary/aromatic N) is 2. The predicted molar refractivity (Wildman–Crippen MR) is 103 cm³/mol. The van der Waals surface area contributed by atoms with Crippen molar-refractivity contribution in [2.75, 3.05) is 16.0 Å². The fraction of sp³-hybridized carbons (Fsp3) is 0.105. The van der Waals surface area contributed by atoms with Crippen LogP contribution >= 0.6 is 11.6 Å². The molecule has 0 aliphatic carbocycles. The predicted octanol–water partition coefficient (Wildman–Crippen LogP) is 4.12. The molecular formula is C19H15ClFN5O. The zero-order valence-corrected chi connectivity index (χ0v) is 14.8. The molecule has 1 aromatic heterocycles. The molecule has 0 unspecified atom stereocenters. The highest BCUT2D eigenvalue weighted by Gasteiger charge is 2.17. The van der Waals surface area contributed by atoms with Crippen molar-refractivity contribution in [2.45, 2.75) is 13.0 Å². The number of rotatable bonds is 5. The number of hydrogen-bond acceptors (Lipinski definition) is 5. The topological polar surface area (TPSA) is 78.9 Å². The van der Waals surface area contributed by atoms with Gasteiger partial charge in [0.2, 0.25) is 11.9 Å². The van der Waals surface area contributed by atoms with Gasteiger partial charge < -0.3 is 16.0 Å². The minimum Gasteiger partial charge on any atom is -0.364 e. The number of fused-ring (bicyclic) bond motifs is 1. The van der Waals surface area contributed by atoms with Crippen molar-refractivity contribution in [3.63, 3.8) is 0 Å². The van der Waals surface area contributed by atoms with Gasteiger partial charge in [0.25, 0.3) is 0 Å². The fourth-order valence-electron chi connectivity index (χ4n) is 2.81. The minimum absolute atomic E-state index is 0.0236. The molecule has 1 amide bonds. The van der Waals surface area contributed by atoms with Crippen LogP contribution in [0.1, 0.15) is 11.1 Å². The third kappa shape index (κ3) is 3.83. The van der Waals surface area contributed by atoms with E-state index < -0.39 is 0 Å². The van der Waals surface area contributed by atoms with Gasteiger partial charge in [0, 0.05) is 23.5 Å². The summed E-state index contributed by atoms with van der Waals surface area (Å²) in [6.45, 7) is 0.246. The number of anilines is 4. The molecule has 3 aromatic rings. The van der Waals surface area contributed by atoms with Crippen LogP contribution in [0.25, 0.3) is 0 Å². The van der Waals surface area contributed by atoms with Crippen LogP contribution in [0.15, 0.2) is 48.7 Å². The molecule has 1 aliphatic rings. The highest BCUT2D eigenvalue weighted by molar-refractivity contribution is 6.32. The lowest BCUT2D eigenvalue weighted by Crippen LogP contribution is -2.06. The van der Waals surface area contributed by atoms with Crippen molar-refractivity contribution in [3.8, 4) is 0 Å². The Labute approximate surface area is 159 Å². The van der Waals surface area contributed by atoms with Crippen molar-refractivity contribution in [3.05, 3.63) is 70.6 Å². The van der Waals surface area contributed by atoms with Gasteiger partial charge in [-0.3, -0.25) is 4.79 Å². The molecule has 2 heterocycles. The fourth-order valence-corrected chi connectivity index (χ4v) is 2.97. The van der Waals surface area contributed by atoms with Gasteiger partial charge in [0.15, 0.2) is 5.82 Å². The first-order valence-corrected chi connectivity index (χ1v) is 8.66. The molecule has 4 rings (SSSR count). The number of hydrogen-bond donors (Lipinski definition) is 3. The molecule has 0 fully saturated rings. The Morgan fingerprint density at radius 3 is 2.93 bits per heavy atom. The quantitative estimate of drug-likeness (QED) is 0.617. The van der Waals surface area contributed by atoms with Crippen molar-refractivity contribution in [2.24, 2.45) is 0 Å². The molecule has 27 heavy (non-hydrogen) atoms. The van der Waals surface area contributed by atoms with Gasteiger partial charge in [0.1, 0.15) is 10.8 Å². The molecule has 6 nitrogen and oxygen atoms in total. The first-order chi connectivity index (χ1) is 13.1. The summed E-state index contributed by atoms with van der Waals surface area (Å²) >= 11 is 6.14. The maximum Gasteiger partial charge on any atom is 0.229 e. The molecule has 0 bridgehead atoms. The van der Waals surface area contributed by atoms with Crippen LogP contribution in [0.4, 0.5) is 27.5 Å². The van der Waals surface area contributed by atoms with E-state index in [1.165, 1.54) is 12.3 Å². The Kier molecular flexibility index (Phi) is 4.60. The molecule has 2 aromatic carbocycles. The van der Waals surface area contributed by atoms with Crippen molar-refractivity contribution in [1.82, 2.24) is 9.97 Å². The average molecular weight is 384 g/mol. The lowest BCUT2D eigenvalue weighted by Gasteiger charge is -2.11. The van der Waals surface area contributed by atoms with E-state index in [9.17, 15) is 9.18 Å². The molecule has 1 aliphatic heterocycles. The lowest BCUT2D eigenvalue weighted by molar-refractivity contribution is -0.115. The van der Waals surface area contributed by atoms with Crippen molar-refractivity contribution in [1.29, 1.82) is 0 Å². The first kappa shape index (κ1) is 17.2. The van der Waals surface area contributed by atoms with Crippen LogP contribution in [0.2, 0.25) is 5.02 Å². The highest BCUT2D eigenvalue weighted by atomic mass is 35.5. The normalized spacial score (nSPS) is 12.4. The standard InChI is InChI=1S/C19H15ClFN5O/c20-14-10-23-19(24-13-5-6-16-12(7-13)8-17(27)25-16)26-18(14)22-9-11-3-1-2-4-15(11)21/h1-7,10H,8-9H2,(H,25,27)(H2,22,23,24,26). The Bertz CT molecular complexity index is 1030. The zero-order chi connectivity index (χ0) is 18.8. The Hall–Kier alpha value is -3.19. The second kappa shape index (κ2) is 7.20. The largest absolute Gasteiger partial charge is 0.364 e. The van der Waals surface area contributed by atoms with Crippen LogP contribution in [0.3, 0.4) is 0 Å².